The number of benzene rings is 2. The van der Waals surface area contributed by atoms with Crippen LogP contribution in [0.1, 0.15) is 16.8 Å². The van der Waals surface area contributed by atoms with E-state index < -0.39 is 5.91 Å². The fourth-order valence-corrected chi connectivity index (χ4v) is 3.92. The molecule has 2 heterocycles. The number of anilines is 2. The third kappa shape index (κ3) is 5.42. The van der Waals surface area contributed by atoms with Gasteiger partial charge in [0.2, 0.25) is 5.75 Å². The van der Waals surface area contributed by atoms with Crippen LogP contribution in [0.5, 0.6) is 17.2 Å². The zero-order valence-electron chi connectivity index (χ0n) is 20.3. The van der Waals surface area contributed by atoms with Crippen molar-refractivity contribution in [1.82, 2.24) is 14.9 Å². The van der Waals surface area contributed by atoms with Crippen molar-refractivity contribution < 1.29 is 24.2 Å². The van der Waals surface area contributed by atoms with Gasteiger partial charge in [-0.05, 0) is 42.2 Å². The maximum Gasteiger partial charge on any atom is 0.267 e. The molecule has 0 saturated heterocycles. The third-order valence-electron chi connectivity index (χ3n) is 5.67. The topological polar surface area (TPSA) is 106 Å². The first-order chi connectivity index (χ1) is 17.6. The number of amides is 1. The van der Waals surface area contributed by atoms with Gasteiger partial charge < -0.3 is 19.5 Å². The number of hydrogen-bond acceptors (Lipinski definition) is 7. The molecule has 0 aliphatic heterocycles. The Bertz CT molecular complexity index is 1360. The molecule has 0 bridgehead atoms. The van der Waals surface area contributed by atoms with Gasteiger partial charge in [-0.25, -0.2) is 10.5 Å². The summed E-state index contributed by atoms with van der Waals surface area (Å²) in [5.41, 5.74) is 5.92. The van der Waals surface area contributed by atoms with E-state index in [1.807, 2.05) is 53.1 Å². The van der Waals surface area contributed by atoms with Crippen LogP contribution < -0.4 is 25.0 Å². The van der Waals surface area contributed by atoms with Crippen molar-refractivity contribution in [2.24, 2.45) is 0 Å². The Balaban J connectivity index is 1.77. The van der Waals surface area contributed by atoms with E-state index in [9.17, 15) is 4.79 Å². The number of ether oxygens (including phenoxy) is 3. The molecular weight excluding hydrogens is 460 g/mol. The predicted molar refractivity (Wildman–Crippen MR) is 137 cm³/mol. The average Bonchev–Trinajstić information content (AvgIpc) is 3.26. The van der Waals surface area contributed by atoms with E-state index in [4.69, 9.17) is 24.4 Å². The third-order valence-corrected chi connectivity index (χ3v) is 5.67. The Morgan fingerprint density at radius 1 is 1.00 bits per heavy atom. The molecule has 0 spiro atoms. The lowest BCUT2D eigenvalue weighted by Crippen LogP contribution is -2.14. The van der Waals surface area contributed by atoms with Gasteiger partial charge in [0.15, 0.2) is 11.5 Å². The molecular formula is C27H28N4O5. The second kappa shape index (κ2) is 11.3. The van der Waals surface area contributed by atoms with E-state index in [1.54, 1.807) is 32.9 Å². The van der Waals surface area contributed by atoms with E-state index in [-0.39, 0.29) is 0 Å². The second-order valence-electron chi connectivity index (χ2n) is 7.93. The summed E-state index contributed by atoms with van der Waals surface area (Å²) >= 11 is 0. The number of hydrogen-bond donors (Lipinski definition) is 3. The highest BCUT2D eigenvalue weighted by Crippen LogP contribution is 2.41. The van der Waals surface area contributed by atoms with E-state index in [0.717, 1.165) is 34.8 Å². The van der Waals surface area contributed by atoms with Gasteiger partial charge in [-0.2, -0.15) is 0 Å². The highest BCUT2D eigenvalue weighted by molar-refractivity contribution is 5.90. The Morgan fingerprint density at radius 2 is 1.72 bits per heavy atom. The summed E-state index contributed by atoms with van der Waals surface area (Å²) in [6, 6.07) is 17.6. The number of rotatable bonds is 10. The van der Waals surface area contributed by atoms with Gasteiger partial charge in [0.05, 0.1) is 27.0 Å². The van der Waals surface area contributed by atoms with Crippen LogP contribution in [0.2, 0.25) is 0 Å². The summed E-state index contributed by atoms with van der Waals surface area (Å²) in [4.78, 5) is 16.3. The molecule has 0 unspecified atom stereocenters. The van der Waals surface area contributed by atoms with Crippen LogP contribution in [0.4, 0.5) is 11.5 Å². The molecule has 2 aromatic carbocycles. The van der Waals surface area contributed by atoms with Crippen molar-refractivity contribution in [3.05, 3.63) is 83.7 Å². The number of fused-ring (bicyclic) bond motifs is 1. The number of carbonyl (C=O) groups excluding carboxylic acids is 1. The molecule has 0 saturated carbocycles. The number of methoxy groups -OCH3 is 3. The molecule has 9 nitrogen and oxygen atoms in total. The summed E-state index contributed by atoms with van der Waals surface area (Å²) in [5, 5.41) is 12.2. The fourth-order valence-electron chi connectivity index (χ4n) is 3.92. The van der Waals surface area contributed by atoms with Gasteiger partial charge in [0, 0.05) is 30.1 Å². The highest BCUT2D eigenvalue weighted by Gasteiger charge is 2.17. The SMILES string of the molecule is COc1cc(Nc2c(CCc3ccccc3)nc3ccc(C=CC(=O)NO)cn23)cc(OC)c1OC. The van der Waals surface area contributed by atoms with Crippen molar-refractivity contribution in [3.63, 3.8) is 0 Å². The lowest BCUT2D eigenvalue weighted by Gasteiger charge is -2.16. The van der Waals surface area contributed by atoms with Crippen LogP contribution in [0.25, 0.3) is 11.7 Å². The van der Waals surface area contributed by atoms with E-state index in [0.29, 0.717) is 23.7 Å². The molecule has 186 valence electrons. The molecule has 4 rings (SSSR count). The van der Waals surface area contributed by atoms with Crippen molar-refractivity contribution in [1.29, 1.82) is 0 Å². The summed E-state index contributed by atoms with van der Waals surface area (Å²) in [5.74, 6) is 1.72. The molecule has 0 aliphatic rings. The average molecular weight is 489 g/mol. The minimum atomic E-state index is -0.611. The van der Waals surface area contributed by atoms with Crippen LogP contribution in [0.3, 0.4) is 0 Å². The first-order valence-corrected chi connectivity index (χ1v) is 11.3. The number of hydroxylamine groups is 1. The molecule has 9 heteroatoms. The normalized spacial score (nSPS) is 11.0. The predicted octanol–water partition coefficient (Wildman–Crippen LogP) is 4.41. The van der Waals surface area contributed by atoms with Crippen LogP contribution in [-0.2, 0) is 17.6 Å². The number of pyridine rings is 1. The standard InChI is InChI=1S/C27H28N4O5/c1-34-22-15-20(16-23(35-2)26(22)36-3)28-27-21(12-9-18-7-5-4-6-8-18)29-24-13-10-19(17-31(24)27)11-14-25(32)30-33/h4-8,10-11,13-17,28,33H,9,12H2,1-3H3,(H,30,32). The maximum atomic E-state index is 11.4. The molecule has 3 N–H and O–H groups in total. The van der Waals surface area contributed by atoms with Crippen molar-refractivity contribution in [2.45, 2.75) is 12.8 Å². The highest BCUT2D eigenvalue weighted by atomic mass is 16.5. The largest absolute Gasteiger partial charge is 0.493 e. The van der Waals surface area contributed by atoms with Crippen LogP contribution in [-0.4, -0.2) is 41.8 Å². The minimum absolute atomic E-state index is 0.502. The summed E-state index contributed by atoms with van der Waals surface area (Å²) in [7, 11) is 4.70. The molecule has 0 radical (unpaired) electrons. The first kappa shape index (κ1) is 24.6. The molecule has 0 fully saturated rings. The number of nitrogens with one attached hydrogen (secondary N) is 2. The van der Waals surface area contributed by atoms with Gasteiger partial charge in [0.25, 0.3) is 5.91 Å². The summed E-state index contributed by atoms with van der Waals surface area (Å²) in [6.07, 6.45) is 6.25. The lowest BCUT2D eigenvalue weighted by molar-refractivity contribution is -0.124. The zero-order chi connectivity index (χ0) is 25.5. The van der Waals surface area contributed by atoms with Crippen molar-refractivity contribution in [2.75, 3.05) is 26.6 Å². The zero-order valence-corrected chi connectivity index (χ0v) is 20.3. The molecule has 2 aromatic heterocycles. The fraction of sp³-hybridized carbons (Fsp3) is 0.185. The molecule has 0 atom stereocenters. The van der Waals surface area contributed by atoms with Crippen LogP contribution >= 0.6 is 0 Å². The minimum Gasteiger partial charge on any atom is -0.493 e. The first-order valence-electron chi connectivity index (χ1n) is 11.3. The van der Waals surface area contributed by atoms with E-state index in [2.05, 4.69) is 17.4 Å². The van der Waals surface area contributed by atoms with E-state index >= 15 is 0 Å². The number of nitrogens with zero attached hydrogens (tertiary/aromatic N) is 2. The van der Waals surface area contributed by atoms with Crippen LogP contribution in [0.15, 0.2) is 66.9 Å². The number of imidazole rings is 1. The van der Waals surface area contributed by atoms with Crippen LogP contribution in [0, 0.1) is 0 Å². The van der Waals surface area contributed by atoms with Gasteiger partial charge >= 0.3 is 0 Å². The van der Waals surface area contributed by atoms with Crippen molar-refractivity contribution in [3.8, 4) is 17.2 Å². The van der Waals surface area contributed by atoms with Gasteiger partial charge in [-0.3, -0.25) is 14.4 Å². The number of aromatic nitrogens is 2. The Hall–Kier alpha value is -4.50. The van der Waals surface area contributed by atoms with Crippen molar-refractivity contribution >= 4 is 29.1 Å². The Kier molecular flexibility index (Phi) is 7.72. The second-order valence-corrected chi connectivity index (χ2v) is 7.93. The lowest BCUT2D eigenvalue weighted by atomic mass is 10.1. The molecule has 4 aromatic rings. The Morgan fingerprint density at radius 3 is 2.36 bits per heavy atom. The molecule has 1 amide bonds. The smallest absolute Gasteiger partial charge is 0.267 e. The number of carbonyl (C=O) groups is 1. The monoisotopic (exact) mass is 488 g/mol. The van der Waals surface area contributed by atoms with E-state index in [1.165, 1.54) is 11.6 Å². The maximum absolute atomic E-state index is 11.4. The molecule has 0 aliphatic carbocycles. The summed E-state index contributed by atoms with van der Waals surface area (Å²) < 4.78 is 18.4. The van der Waals surface area contributed by atoms with Gasteiger partial charge in [0.1, 0.15) is 11.5 Å². The number of aryl methyl sites for hydroxylation is 2. The van der Waals surface area contributed by atoms with Gasteiger partial charge in [-0.1, -0.05) is 30.3 Å². The summed E-state index contributed by atoms with van der Waals surface area (Å²) in [6.45, 7) is 0. The quantitative estimate of drug-likeness (QED) is 0.172. The molecule has 36 heavy (non-hydrogen) atoms. The van der Waals surface area contributed by atoms with Gasteiger partial charge in [-0.15, -0.1) is 0 Å². The Labute approximate surface area is 208 Å².